The molecule has 23 heavy (non-hydrogen) atoms. The highest BCUT2D eigenvalue weighted by molar-refractivity contribution is 7.89. The monoisotopic (exact) mass is 355 g/mol. The lowest BCUT2D eigenvalue weighted by Crippen LogP contribution is -2.27. The summed E-state index contributed by atoms with van der Waals surface area (Å²) in [7, 11) is -2.06. The second kappa shape index (κ2) is 7.12. The number of thiophene rings is 1. The average molecular weight is 355 g/mol. The Morgan fingerprint density at radius 2 is 2.22 bits per heavy atom. The topological polar surface area (TPSA) is 73.2 Å². The Labute approximate surface area is 140 Å². The van der Waals surface area contributed by atoms with Crippen molar-refractivity contribution in [1.29, 1.82) is 0 Å². The third kappa shape index (κ3) is 3.65. The van der Waals surface area contributed by atoms with E-state index in [1.165, 1.54) is 24.2 Å². The Morgan fingerprint density at radius 3 is 2.87 bits per heavy atom. The van der Waals surface area contributed by atoms with Gasteiger partial charge in [0.1, 0.15) is 10.6 Å². The van der Waals surface area contributed by atoms with Crippen LogP contribution in [0.2, 0.25) is 0 Å². The van der Waals surface area contributed by atoms with Crippen LogP contribution in [0.5, 0.6) is 0 Å². The summed E-state index contributed by atoms with van der Waals surface area (Å²) in [4.78, 5) is 1.12. The second-order valence-electron chi connectivity index (χ2n) is 5.63. The predicted octanol–water partition coefficient (Wildman–Crippen LogP) is 2.65. The normalized spacial score (nSPS) is 16.2. The summed E-state index contributed by atoms with van der Waals surface area (Å²) < 4.78 is 34.6. The molecular formula is C15H21N3O3S2. The SMILES string of the molecule is COCCNS(=O)(=O)c1cn(C2CCCC2)nc1-c1cccs1. The van der Waals surface area contributed by atoms with Gasteiger partial charge >= 0.3 is 0 Å². The van der Waals surface area contributed by atoms with Crippen molar-refractivity contribution < 1.29 is 13.2 Å². The molecule has 0 atom stereocenters. The van der Waals surface area contributed by atoms with Crippen molar-refractivity contribution in [3.8, 4) is 10.6 Å². The minimum atomic E-state index is -3.60. The molecule has 0 spiro atoms. The molecule has 1 saturated carbocycles. The molecule has 2 heterocycles. The summed E-state index contributed by atoms with van der Waals surface area (Å²) in [5.41, 5.74) is 0.539. The molecule has 1 aliphatic carbocycles. The van der Waals surface area contributed by atoms with Crippen molar-refractivity contribution in [2.24, 2.45) is 0 Å². The molecule has 1 aliphatic rings. The van der Waals surface area contributed by atoms with Crippen molar-refractivity contribution in [2.45, 2.75) is 36.6 Å². The smallest absolute Gasteiger partial charge is 0.244 e. The van der Waals surface area contributed by atoms with Gasteiger partial charge < -0.3 is 4.74 Å². The minimum Gasteiger partial charge on any atom is -0.383 e. The first-order valence-corrected chi connectivity index (χ1v) is 10.1. The number of nitrogens with one attached hydrogen (secondary N) is 1. The van der Waals surface area contributed by atoms with E-state index in [2.05, 4.69) is 9.82 Å². The molecule has 6 nitrogen and oxygen atoms in total. The third-order valence-corrected chi connectivity index (χ3v) is 6.38. The standard InChI is InChI=1S/C15H21N3O3S2/c1-21-9-8-16-23(19,20)14-11-18(12-5-2-3-6-12)17-15(14)13-7-4-10-22-13/h4,7,10-12,16H,2-3,5-6,8-9H2,1H3. The van der Waals surface area contributed by atoms with Crippen LogP contribution in [0.15, 0.2) is 28.6 Å². The molecule has 0 amide bonds. The van der Waals surface area contributed by atoms with E-state index in [4.69, 9.17) is 4.74 Å². The quantitative estimate of drug-likeness (QED) is 0.775. The third-order valence-electron chi connectivity index (χ3n) is 4.04. The highest BCUT2D eigenvalue weighted by Gasteiger charge is 2.27. The molecule has 126 valence electrons. The Morgan fingerprint density at radius 1 is 1.43 bits per heavy atom. The van der Waals surface area contributed by atoms with Gasteiger partial charge in [-0.15, -0.1) is 11.3 Å². The van der Waals surface area contributed by atoms with E-state index in [0.717, 1.165) is 17.7 Å². The number of nitrogens with zero attached hydrogens (tertiary/aromatic N) is 2. The van der Waals surface area contributed by atoms with Gasteiger partial charge in [0.05, 0.1) is 17.5 Å². The van der Waals surface area contributed by atoms with Gasteiger partial charge in [0.15, 0.2) is 0 Å². The molecule has 8 heteroatoms. The molecule has 2 aromatic heterocycles. The molecule has 0 unspecified atom stereocenters. The summed E-state index contributed by atoms with van der Waals surface area (Å²) >= 11 is 1.50. The van der Waals surface area contributed by atoms with E-state index >= 15 is 0 Å². The van der Waals surface area contributed by atoms with Gasteiger partial charge in [0, 0.05) is 19.9 Å². The lowest BCUT2D eigenvalue weighted by molar-refractivity contribution is 0.204. The zero-order valence-electron chi connectivity index (χ0n) is 13.1. The molecule has 0 bridgehead atoms. The van der Waals surface area contributed by atoms with E-state index in [9.17, 15) is 8.42 Å². The maximum absolute atomic E-state index is 12.6. The van der Waals surface area contributed by atoms with Crippen LogP contribution in [0.4, 0.5) is 0 Å². The van der Waals surface area contributed by atoms with Crippen LogP contribution in [0, 0.1) is 0 Å². The second-order valence-corrected chi connectivity index (χ2v) is 8.31. The minimum absolute atomic E-state index is 0.247. The van der Waals surface area contributed by atoms with Crippen LogP contribution < -0.4 is 4.72 Å². The van der Waals surface area contributed by atoms with E-state index in [1.807, 2.05) is 22.2 Å². The van der Waals surface area contributed by atoms with Gasteiger partial charge in [-0.05, 0) is 24.3 Å². The Hall–Kier alpha value is -1.22. The molecule has 1 N–H and O–H groups in total. The molecule has 1 fully saturated rings. The summed E-state index contributed by atoms with van der Waals surface area (Å²) in [5, 5.41) is 6.54. The molecule has 2 aromatic rings. The maximum Gasteiger partial charge on any atom is 0.244 e. The zero-order chi connectivity index (χ0) is 16.3. The van der Waals surface area contributed by atoms with Crippen LogP contribution in [0.3, 0.4) is 0 Å². The first-order valence-electron chi connectivity index (χ1n) is 7.73. The van der Waals surface area contributed by atoms with Gasteiger partial charge in [-0.2, -0.15) is 5.10 Å². The number of hydrogen-bond acceptors (Lipinski definition) is 5. The average Bonchev–Trinajstić information content (AvgIpc) is 3.26. The number of sulfonamides is 1. The lowest BCUT2D eigenvalue weighted by atomic mass is 10.3. The van der Waals surface area contributed by atoms with Gasteiger partial charge in [-0.1, -0.05) is 18.9 Å². The van der Waals surface area contributed by atoms with Crippen molar-refractivity contribution >= 4 is 21.4 Å². The summed E-state index contributed by atoms with van der Waals surface area (Å²) in [6, 6.07) is 4.11. The Balaban J connectivity index is 1.96. The summed E-state index contributed by atoms with van der Waals surface area (Å²) in [6.45, 7) is 0.585. The summed E-state index contributed by atoms with van der Waals surface area (Å²) in [6.07, 6.45) is 6.14. The fourth-order valence-electron chi connectivity index (χ4n) is 2.87. The summed E-state index contributed by atoms with van der Waals surface area (Å²) in [5.74, 6) is 0. The van der Waals surface area contributed by atoms with Crippen molar-refractivity contribution in [1.82, 2.24) is 14.5 Å². The molecular weight excluding hydrogens is 334 g/mol. The van der Waals surface area contributed by atoms with Crippen molar-refractivity contribution in [2.75, 3.05) is 20.3 Å². The van der Waals surface area contributed by atoms with E-state index in [1.54, 1.807) is 13.3 Å². The predicted molar refractivity (Wildman–Crippen MR) is 90.1 cm³/mol. The highest BCUT2D eigenvalue weighted by atomic mass is 32.2. The van der Waals surface area contributed by atoms with Crippen molar-refractivity contribution in [3.05, 3.63) is 23.7 Å². The van der Waals surface area contributed by atoms with Gasteiger partial charge in [-0.3, -0.25) is 4.68 Å². The zero-order valence-corrected chi connectivity index (χ0v) is 14.7. The van der Waals surface area contributed by atoms with Crippen LogP contribution in [0.25, 0.3) is 10.6 Å². The molecule has 0 radical (unpaired) electrons. The van der Waals surface area contributed by atoms with E-state index in [0.29, 0.717) is 18.3 Å². The lowest BCUT2D eigenvalue weighted by Gasteiger charge is -2.08. The fraction of sp³-hybridized carbons (Fsp3) is 0.533. The van der Waals surface area contributed by atoms with Crippen molar-refractivity contribution in [3.63, 3.8) is 0 Å². The number of hydrogen-bond donors (Lipinski definition) is 1. The van der Waals surface area contributed by atoms with Gasteiger partial charge in [0.25, 0.3) is 0 Å². The van der Waals surface area contributed by atoms with Gasteiger partial charge in [0.2, 0.25) is 10.0 Å². The number of methoxy groups -OCH3 is 1. The largest absolute Gasteiger partial charge is 0.383 e. The van der Waals surface area contributed by atoms with Crippen LogP contribution >= 0.6 is 11.3 Å². The number of aromatic nitrogens is 2. The molecule has 0 saturated heterocycles. The van der Waals surface area contributed by atoms with Gasteiger partial charge in [-0.25, -0.2) is 13.1 Å². The molecule has 0 aliphatic heterocycles. The fourth-order valence-corrected chi connectivity index (χ4v) is 4.81. The van der Waals surface area contributed by atoms with Crippen LogP contribution in [-0.4, -0.2) is 38.5 Å². The first-order chi connectivity index (χ1) is 11.1. The Kier molecular flexibility index (Phi) is 5.15. The van der Waals surface area contributed by atoms with E-state index in [-0.39, 0.29) is 11.4 Å². The molecule has 0 aromatic carbocycles. The number of ether oxygens (including phenoxy) is 1. The highest BCUT2D eigenvalue weighted by Crippen LogP contribution is 2.34. The van der Waals surface area contributed by atoms with Crippen LogP contribution in [0.1, 0.15) is 31.7 Å². The van der Waals surface area contributed by atoms with E-state index < -0.39 is 10.0 Å². The Bertz CT molecular complexity index is 732. The maximum atomic E-state index is 12.6. The first kappa shape index (κ1) is 16.6. The van der Waals surface area contributed by atoms with Crippen LogP contribution in [-0.2, 0) is 14.8 Å². The molecule has 3 rings (SSSR count). The number of rotatable bonds is 7.